The van der Waals surface area contributed by atoms with E-state index in [2.05, 4.69) is 0 Å². The van der Waals surface area contributed by atoms with E-state index < -0.39 is 12.8 Å². The third kappa shape index (κ3) is 7.41. The van der Waals surface area contributed by atoms with Gasteiger partial charge in [0.1, 0.15) is 17.7 Å². The second kappa shape index (κ2) is 12.0. The first-order chi connectivity index (χ1) is 17.3. The molecule has 4 nitrogen and oxygen atoms in total. The zero-order valence-electron chi connectivity index (χ0n) is 20.2. The molecule has 0 radical (unpaired) electrons. The van der Waals surface area contributed by atoms with Gasteiger partial charge in [-0.3, -0.25) is 0 Å². The zero-order chi connectivity index (χ0) is 25.5. The molecule has 0 bridgehead atoms. The van der Waals surface area contributed by atoms with Crippen molar-refractivity contribution in [2.45, 2.75) is 51.2 Å². The minimum absolute atomic E-state index is 0.0132. The van der Waals surface area contributed by atoms with Gasteiger partial charge in [0.15, 0.2) is 12.9 Å². The molecule has 0 N–H and O–H groups in total. The molecule has 3 aromatic rings. The minimum atomic E-state index is -4.38. The SMILES string of the molecule is CCOC1COC(CCc2ccc3c(F)c(CCc4ccc(OCC(F)(F)F)cc4)ccc3c2)OC1. The maximum Gasteiger partial charge on any atom is 0.422 e. The summed E-state index contributed by atoms with van der Waals surface area (Å²) in [6, 6.07) is 15.9. The molecule has 0 aliphatic carbocycles. The fourth-order valence-electron chi connectivity index (χ4n) is 4.24. The Bertz CT molecular complexity index is 1120. The van der Waals surface area contributed by atoms with Crippen molar-refractivity contribution < 1.29 is 36.5 Å². The summed E-state index contributed by atoms with van der Waals surface area (Å²) in [4.78, 5) is 0. The van der Waals surface area contributed by atoms with Crippen molar-refractivity contribution in [1.82, 2.24) is 0 Å². The lowest BCUT2D eigenvalue weighted by molar-refractivity contribution is -0.227. The minimum Gasteiger partial charge on any atom is -0.484 e. The highest BCUT2D eigenvalue weighted by molar-refractivity contribution is 5.84. The molecular weight excluding hydrogens is 476 g/mol. The van der Waals surface area contributed by atoms with E-state index in [9.17, 15) is 13.2 Å². The topological polar surface area (TPSA) is 36.9 Å². The number of hydrogen-bond acceptors (Lipinski definition) is 4. The van der Waals surface area contributed by atoms with Gasteiger partial charge in [0, 0.05) is 18.4 Å². The Morgan fingerprint density at radius 1 is 0.889 bits per heavy atom. The van der Waals surface area contributed by atoms with Crippen LogP contribution in [0.5, 0.6) is 5.75 Å². The summed E-state index contributed by atoms with van der Waals surface area (Å²) in [6.45, 7) is 2.31. The Morgan fingerprint density at radius 2 is 1.61 bits per heavy atom. The van der Waals surface area contributed by atoms with Crippen molar-refractivity contribution in [2.24, 2.45) is 0 Å². The van der Waals surface area contributed by atoms with E-state index in [0.717, 1.165) is 22.9 Å². The third-order valence-corrected chi connectivity index (χ3v) is 6.11. The standard InChI is InChI=1S/C28H30F4O4/c1-2-33-24-16-34-26(35-17-24)14-7-20-6-13-25-22(15-20)10-9-21(27(25)29)8-3-19-4-11-23(12-5-19)36-18-28(30,31)32/h4-6,9-13,15,24,26H,2-3,7-8,14,16-18H2,1H3. The first-order valence-electron chi connectivity index (χ1n) is 12.1. The van der Waals surface area contributed by atoms with Gasteiger partial charge in [0.2, 0.25) is 0 Å². The zero-order valence-corrected chi connectivity index (χ0v) is 20.2. The number of aryl methyl sites for hydroxylation is 3. The quantitative estimate of drug-likeness (QED) is 0.298. The molecule has 194 valence electrons. The van der Waals surface area contributed by atoms with Gasteiger partial charge in [0.05, 0.1) is 13.2 Å². The number of ether oxygens (including phenoxy) is 4. The number of rotatable bonds is 10. The molecule has 0 unspecified atom stereocenters. The first kappa shape index (κ1) is 26.4. The van der Waals surface area contributed by atoms with Crippen LogP contribution in [0.3, 0.4) is 0 Å². The molecule has 0 atom stereocenters. The maximum absolute atomic E-state index is 15.2. The number of hydrogen-bond donors (Lipinski definition) is 0. The molecule has 3 aromatic carbocycles. The van der Waals surface area contributed by atoms with Crippen molar-refractivity contribution in [2.75, 3.05) is 26.4 Å². The molecule has 4 rings (SSSR count). The van der Waals surface area contributed by atoms with Gasteiger partial charge in [-0.25, -0.2) is 4.39 Å². The second-order valence-electron chi connectivity index (χ2n) is 8.85. The van der Waals surface area contributed by atoms with Crippen LogP contribution >= 0.6 is 0 Å². The van der Waals surface area contributed by atoms with Crippen LogP contribution in [0, 0.1) is 5.82 Å². The Labute approximate surface area is 208 Å². The van der Waals surface area contributed by atoms with Crippen molar-refractivity contribution in [3.8, 4) is 5.75 Å². The summed E-state index contributed by atoms with van der Waals surface area (Å²) >= 11 is 0. The monoisotopic (exact) mass is 506 g/mol. The summed E-state index contributed by atoms with van der Waals surface area (Å²) < 4.78 is 73.7. The Kier molecular flexibility index (Phi) is 8.82. The Hall–Kier alpha value is -2.68. The van der Waals surface area contributed by atoms with E-state index in [1.54, 1.807) is 18.2 Å². The van der Waals surface area contributed by atoms with Gasteiger partial charge in [-0.15, -0.1) is 0 Å². The maximum atomic E-state index is 15.2. The van der Waals surface area contributed by atoms with E-state index >= 15 is 4.39 Å². The van der Waals surface area contributed by atoms with Crippen LogP contribution in [-0.4, -0.2) is 45.0 Å². The smallest absolute Gasteiger partial charge is 0.422 e. The average Bonchev–Trinajstić information content (AvgIpc) is 2.87. The second-order valence-corrected chi connectivity index (χ2v) is 8.85. The van der Waals surface area contributed by atoms with Crippen LogP contribution < -0.4 is 4.74 Å². The molecule has 1 aliphatic heterocycles. The van der Waals surface area contributed by atoms with Crippen LogP contribution in [0.4, 0.5) is 17.6 Å². The number of halogens is 4. The van der Waals surface area contributed by atoms with E-state index in [0.29, 0.717) is 50.0 Å². The van der Waals surface area contributed by atoms with E-state index in [1.165, 1.54) is 12.1 Å². The fourth-order valence-corrected chi connectivity index (χ4v) is 4.24. The average molecular weight is 507 g/mol. The summed E-state index contributed by atoms with van der Waals surface area (Å²) in [5.41, 5.74) is 2.58. The lowest BCUT2D eigenvalue weighted by atomic mass is 9.98. The van der Waals surface area contributed by atoms with Crippen molar-refractivity contribution in [3.63, 3.8) is 0 Å². The van der Waals surface area contributed by atoms with Gasteiger partial charge >= 0.3 is 6.18 Å². The molecular formula is C28H30F4O4. The van der Waals surface area contributed by atoms with Crippen LogP contribution in [-0.2, 0) is 33.5 Å². The van der Waals surface area contributed by atoms with Crippen molar-refractivity contribution >= 4 is 10.8 Å². The lowest BCUT2D eigenvalue weighted by Crippen LogP contribution is -2.37. The summed E-state index contributed by atoms with van der Waals surface area (Å²) in [5, 5.41) is 1.40. The molecule has 36 heavy (non-hydrogen) atoms. The van der Waals surface area contributed by atoms with Gasteiger partial charge in [-0.1, -0.05) is 42.5 Å². The fraction of sp³-hybridized carbons (Fsp3) is 0.429. The molecule has 0 spiro atoms. The van der Waals surface area contributed by atoms with E-state index in [1.807, 2.05) is 31.2 Å². The lowest BCUT2D eigenvalue weighted by Gasteiger charge is -2.29. The number of alkyl halides is 3. The van der Waals surface area contributed by atoms with E-state index in [-0.39, 0.29) is 24.0 Å². The van der Waals surface area contributed by atoms with Gasteiger partial charge in [-0.05, 0) is 60.4 Å². The number of benzene rings is 3. The number of fused-ring (bicyclic) bond motifs is 1. The molecule has 0 amide bonds. The Balaban J connectivity index is 1.31. The van der Waals surface area contributed by atoms with Crippen molar-refractivity contribution in [3.05, 3.63) is 77.1 Å². The van der Waals surface area contributed by atoms with Gasteiger partial charge in [0.25, 0.3) is 0 Å². The molecule has 0 aromatic heterocycles. The molecule has 1 fully saturated rings. The van der Waals surface area contributed by atoms with Gasteiger partial charge < -0.3 is 18.9 Å². The van der Waals surface area contributed by atoms with Crippen molar-refractivity contribution in [1.29, 1.82) is 0 Å². The van der Waals surface area contributed by atoms with Crippen LogP contribution in [0.25, 0.3) is 10.8 Å². The van der Waals surface area contributed by atoms with Crippen LogP contribution in [0.1, 0.15) is 30.0 Å². The van der Waals surface area contributed by atoms with E-state index in [4.69, 9.17) is 18.9 Å². The summed E-state index contributed by atoms with van der Waals surface area (Å²) in [5.74, 6) is -0.0924. The Morgan fingerprint density at radius 3 is 2.31 bits per heavy atom. The highest BCUT2D eigenvalue weighted by Crippen LogP contribution is 2.25. The summed E-state index contributed by atoms with van der Waals surface area (Å²) in [7, 11) is 0. The normalized spacial score (nSPS) is 18.5. The highest BCUT2D eigenvalue weighted by atomic mass is 19.4. The molecule has 1 aliphatic rings. The van der Waals surface area contributed by atoms with Crippen LogP contribution in [0.15, 0.2) is 54.6 Å². The summed E-state index contributed by atoms with van der Waals surface area (Å²) in [6.07, 6.45) is -2.14. The van der Waals surface area contributed by atoms with Crippen LogP contribution in [0.2, 0.25) is 0 Å². The molecule has 0 saturated carbocycles. The molecule has 1 saturated heterocycles. The molecule has 1 heterocycles. The third-order valence-electron chi connectivity index (χ3n) is 6.11. The first-order valence-corrected chi connectivity index (χ1v) is 12.1. The largest absolute Gasteiger partial charge is 0.484 e. The predicted octanol–water partition coefficient (Wildman–Crippen LogP) is 6.42. The molecule has 8 heteroatoms. The predicted molar refractivity (Wildman–Crippen MR) is 129 cm³/mol. The highest BCUT2D eigenvalue weighted by Gasteiger charge is 2.28. The van der Waals surface area contributed by atoms with Gasteiger partial charge in [-0.2, -0.15) is 13.2 Å².